The van der Waals surface area contributed by atoms with Crippen LogP contribution in [0.3, 0.4) is 0 Å². The second-order valence-corrected chi connectivity index (χ2v) is 12.5. The van der Waals surface area contributed by atoms with E-state index in [0.717, 1.165) is 22.0 Å². The van der Waals surface area contributed by atoms with Crippen LogP contribution >= 0.6 is 0 Å². The van der Waals surface area contributed by atoms with Gasteiger partial charge in [-0.3, -0.25) is 9.10 Å². The number of carbonyl (C=O) groups excluding carboxylic acids is 1. The number of rotatable bonds is 8. The zero-order chi connectivity index (χ0) is 30.4. The lowest BCUT2D eigenvalue weighted by Crippen LogP contribution is -2.54. The van der Waals surface area contributed by atoms with Gasteiger partial charge < -0.3 is 20.8 Å². The van der Waals surface area contributed by atoms with Crippen molar-refractivity contribution in [1.29, 1.82) is 0 Å². The standard InChI is InChI=1S/C27H32F5N3O5S/c1-16-3-8-21(9-4-16)41(39,40)35-20(12-24(37)34-22-14-33-13-18(22)15-36)7-5-17-11-19(6-10-23(17)35)26(38,25(2,28)29)27(30,31)32/h3-4,6,8-11,18,20,22,33,36,38H,5,7,12-15H2,1-2H3,(H,34,37)/t18-,20-,22+,26?/m0/s1. The van der Waals surface area contributed by atoms with Gasteiger partial charge in [-0.05, 0) is 49.1 Å². The average molecular weight is 606 g/mol. The first-order valence-electron chi connectivity index (χ1n) is 13.0. The molecule has 2 aliphatic heterocycles. The Morgan fingerprint density at radius 2 is 1.76 bits per heavy atom. The Bertz CT molecular complexity index is 1370. The summed E-state index contributed by atoms with van der Waals surface area (Å²) in [6, 6.07) is 6.89. The fourth-order valence-corrected chi connectivity index (χ4v) is 7.15. The number of anilines is 1. The predicted molar refractivity (Wildman–Crippen MR) is 140 cm³/mol. The molecular weight excluding hydrogens is 573 g/mol. The number of amides is 1. The molecule has 4 rings (SSSR count). The Morgan fingerprint density at radius 1 is 1.10 bits per heavy atom. The SMILES string of the molecule is Cc1ccc(S(=O)(=O)N2c3ccc(C(O)(C(C)(F)F)C(F)(F)F)cc3CC[C@H]2CC(=O)N[C@@H]2CNC[C@H]2CO)cc1. The minimum Gasteiger partial charge on any atom is -0.396 e. The summed E-state index contributed by atoms with van der Waals surface area (Å²) >= 11 is 0. The second kappa shape index (κ2) is 11.1. The van der Waals surface area contributed by atoms with Crippen LogP contribution in [0.5, 0.6) is 0 Å². The molecule has 0 saturated carbocycles. The van der Waals surface area contributed by atoms with E-state index in [1.165, 1.54) is 12.1 Å². The van der Waals surface area contributed by atoms with E-state index in [1.54, 1.807) is 19.1 Å². The number of sulfonamides is 1. The van der Waals surface area contributed by atoms with Crippen molar-refractivity contribution in [2.75, 3.05) is 24.0 Å². The van der Waals surface area contributed by atoms with Crippen molar-refractivity contribution in [3.8, 4) is 0 Å². The maximum Gasteiger partial charge on any atom is 0.427 e. The molecule has 14 heteroatoms. The van der Waals surface area contributed by atoms with Crippen LogP contribution in [-0.4, -0.2) is 68.4 Å². The van der Waals surface area contributed by atoms with Crippen LogP contribution in [0.25, 0.3) is 0 Å². The van der Waals surface area contributed by atoms with Gasteiger partial charge in [0.05, 0.1) is 16.6 Å². The number of fused-ring (bicyclic) bond motifs is 1. The third-order valence-corrected chi connectivity index (χ3v) is 9.66. The van der Waals surface area contributed by atoms with Crippen LogP contribution in [0.15, 0.2) is 47.4 Å². The number of aryl methyl sites for hydroxylation is 2. The molecule has 41 heavy (non-hydrogen) atoms. The smallest absolute Gasteiger partial charge is 0.396 e. The lowest BCUT2D eigenvalue weighted by molar-refractivity contribution is -0.335. The number of nitrogens with zero attached hydrogens (tertiary/aromatic N) is 1. The predicted octanol–water partition coefficient (Wildman–Crippen LogP) is 3.00. The van der Waals surface area contributed by atoms with E-state index in [0.29, 0.717) is 19.2 Å². The molecule has 4 N–H and O–H groups in total. The normalized spacial score (nSPS) is 23.1. The molecule has 2 heterocycles. The minimum absolute atomic E-state index is 0.00195. The molecule has 1 saturated heterocycles. The van der Waals surface area contributed by atoms with Crippen LogP contribution < -0.4 is 14.9 Å². The van der Waals surface area contributed by atoms with Gasteiger partial charge in [-0.15, -0.1) is 0 Å². The summed E-state index contributed by atoms with van der Waals surface area (Å²) < 4.78 is 98.4. The Balaban J connectivity index is 1.76. The van der Waals surface area contributed by atoms with Gasteiger partial charge in [-0.1, -0.05) is 29.8 Å². The molecule has 2 aliphatic rings. The van der Waals surface area contributed by atoms with Crippen molar-refractivity contribution in [1.82, 2.24) is 10.6 Å². The van der Waals surface area contributed by atoms with E-state index in [-0.39, 0.29) is 60.9 Å². The van der Waals surface area contributed by atoms with Gasteiger partial charge in [-0.25, -0.2) is 17.2 Å². The summed E-state index contributed by atoms with van der Waals surface area (Å²) in [7, 11) is -4.37. The molecule has 2 aromatic rings. The Labute approximate surface area is 234 Å². The number of benzene rings is 2. The number of carbonyl (C=O) groups is 1. The van der Waals surface area contributed by atoms with Gasteiger partial charge in [0.1, 0.15) is 0 Å². The van der Waals surface area contributed by atoms with Gasteiger partial charge in [0.25, 0.3) is 15.9 Å². The highest BCUT2D eigenvalue weighted by Crippen LogP contribution is 2.50. The monoisotopic (exact) mass is 605 g/mol. The molecule has 1 unspecified atom stereocenters. The van der Waals surface area contributed by atoms with E-state index in [4.69, 9.17) is 0 Å². The highest BCUT2D eigenvalue weighted by atomic mass is 32.2. The highest BCUT2D eigenvalue weighted by Gasteiger charge is 2.67. The first-order valence-corrected chi connectivity index (χ1v) is 14.5. The summed E-state index contributed by atoms with van der Waals surface area (Å²) in [4.78, 5) is 12.9. The topological polar surface area (TPSA) is 119 Å². The van der Waals surface area contributed by atoms with Crippen LogP contribution in [0.4, 0.5) is 27.6 Å². The number of nitrogens with one attached hydrogen (secondary N) is 2. The number of alkyl halides is 5. The minimum atomic E-state index is -5.73. The van der Waals surface area contributed by atoms with E-state index < -0.39 is 45.2 Å². The largest absolute Gasteiger partial charge is 0.427 e. The highest BCUT2D eigenvalue weighted by molar-refractivity contribution is 7.92. The Morgan fingerprint density at radius 3 is 2.34 bits per heavy atom. The first kappa shape index (κ1) is 31.1. The van der Waals surface area contributed by atoms with Gasteiger partial charge in [-0.2, -0.15) is 13.2 Å². The van der Waals surface area contributed by atoms with E-state index in [2.05, 4.69) is 10.6 Å². The van der Waals surface area contributed by atoms with Crippen molar-refractivity contribution in [2.24, 2.45) is 5.92 Å². The molecule has 1 amide bonds. The van der Waals surface area contributed by atoms with Crippen molar-refractivity contribution >= 4 is 21.6 Å². The lowest BCUT2D eigenvalue weighted by Gasteiger charge is -2.40. The summed E-state index contributed by atoms with van der Waals surface area (Å²) in [5, 5.41) is 25.7. The van der Waals surface area contributed by atoms with Crippen molar-refractivity contribution in [3.05, 3.63) is 59.2 Å². The van der Waals surface area contributed by atoms with E-state index in [9.17, 15) is 45.4 Å². The van der Waals surface area contributed by atoms with Crippen molar-refractivity contribution in [2.45, 2.75) is 67.8 Å². The second-order valence-electron chi connectivity index (χ2n) is 10.7. The molecule has 4 atom stereocenters. The van der Waals surface area contributed by atoms with E-state index in [1.807, 2.05) is 0 Å². The van der Waals surface area contributed by atoms with Gasteiger partial charge in [0.15, 0.2) is 0 Å². The van der Waals surface area contributed by atoms with E-state index >= 15 is 0 Å². The Kier molecular flexibility index (Phi) is 8.44. The van der Waals surface area contributed by atoms with Crippen LogP contribution in [0.2, 0.25) is 0 Å². The summed E-state index contributed by atoms with van der Waals surface area (Å²) in [5.74, 6) is -5.31. The third kappa shape index (κ3) is 5.79. The number of halogens is 5. The molecule has 0 spiro atoms. The summed E-state index contributed by atoms with van der Waals surface area (Å²) in [5.41, 5.74) is -4.92. The van der Waals surface area contributed by atoms with Gasteiger partial charge >= 0.3 is 6.18 Å². The van der Waals surface area contributed by atoms with Gasteiger partial charge in [0.2, 0.25) is 11.5 Å². The average Bonchev–Trinajstić information content (AvgIpc) is 3.33. The summed E-state index contributed by atoms with van der Waals surface area (Å²) in [6.07, 6.45) is -6.06. The quantitative estimate of drug-likeness (QED) is 0.344. The van der Waals surface area contributed by atoms with Crippen LogP contribution in [-0.2, 0) is 26.8 Å². The molecule has 0 aliphatic carbocycles. The molecule has 2 aromatic carbocycles. The first-order chi connectivity index (χ1) is 19.0. The molecular formula is C27H32F5N3O5S. The number of hydrogen-bond donors (Lipinski definition) is 4. The Hall–Kier alpha value is -2.81. The van der Waals surface area contributed by atoms with Crippen molar-refractivity contribution < 1.29 is 45.4 Å². The lowest BCUT2D eigenvalue weighted by atomic mass is 9.84. The maximum atomic E-state index is 14.2. The van der Waals surface area contributed by atoms with Crippen molar-refractivity contribution in [3.63, 3.8) is 0 Å². The number of aliphatic hydroxyl groups is 2. The molecule has 0 bridgehead atoms. The zero-order valence-electron chi connectivity index (χ0n) is 22.4. The zero-order valence-corrected chi connectivity index (χ0v) is 23.2. The molecule has 226 valence electrons. The van der Waals surface area contributed by atoms with Crippen LogP contribution in [0.1, 0.15) is 36.5 Å². The number of aliphatic hydroxyl groups excluding tert-OH is 1. The fourth-order valence-electron chi connectivity index (χ4n) is 5.44. The summed E-state index contributed by atoms with van der Waals surface area (Å²) in [6.45, 7) is 2.47. The number of hydrogen-bond acceptors (Lipinski definition) is 6. The molecule has 0 aromatic heterocycles. The fraction of sp³-hybridized carbons (Fsp3) is 0.519. The molecule has 1 fully saturated rings. The molecule has 8 nitrogen and oxygen atoms in total. The van der Waals surface area contributed by atoms with Gasteiger partial charge in [0, 0.05) is 45.0 Å². The van der Waals surface area contributed by atoms with Crippen LogP contribution in [0, 0.1) is 12.8 Å². The maximum absolute atomic E-state index is 14.2. The molecule has 0 radical (unpaired) electrons. The third-order valence-electron chi connectivity index (χ3n) is 7.78.